The van der Waals surface area contributed by atoms with Gasteiger partial charge in [-0.25, -0.2) is 0 Å². The number of nitrogens with zero attached hydrogens (tertiary/aromatic N) is 1. The first-order valence-corrected chi connectivity index (χ1v) is 14.3. The van der Waals surface area contributed by atoms with Crippen LogP contribution in [0.1, 0.15) is 43.9 Å². The van der Waals surface area contributed by atoms with Crippen LogP contribution in [0.25, 0.3) is 11.1 Å². The number of likely N-dealkylation sites (N-methyl/N-ethyl adjacent to an activating group) is 1. The molecule has 0 fully saturated rings. The zero-order chi connectivity index (χ0) is 27.8. The third kappa shape index (κ3) is 7.50. The SMILES string of the molecule is CC/C(=C(/c1ccc(OCC(O)CN(CC)CC)cc1)c1ccc(OP(O)O)cc1)c1ccc2c(c1)OCO2. The molecular formula is C30H36NO7P. The summed E-state index contributed by atoms with van der Waals surface area (Å²) in [6.07, 6.45) is 0.180. The van der Waals surface area contributed by atoms with Gasteiger partial charge in [0.25, 0.3) is 0 Å². The van der Waals surface area contributed by atoms with E-state index in [9.17, 15) is 14.9 Å². The number of rotatable bonds is 13. The molecule has 3 N–H and O–H groups in total. The van der Waals surface area contributed by atoms with E-state index in [0.717, 1.165) is 53.1 Å². The Labute approximate surface area is 231 Å². The van der Waals surface area contributed by atoms with Gasteiger partial charge in [-0.05, 0) is 83.7 Å². The Morgan fingerprint density at radius 2 is 1.44 bits per heavy atom. The summed E-state index contributed by atoms with van der Waals surface area (Å²) >= 11 is 0. The molecule has 3 aromatic carbocycles. The molecule has 0 spiro atoms. The zero-order valence-corrected chi connectivity index (χ0v) is 23.4. The summed E-state index contributed by atoms with van der Waals surface area (Å²) in [6.45, 7) is 9.03. The molecule has 0 aliphatic carbocycles. The Morgan fingerprint density at radius 3 is 2.03 bits per heavy atom. The van der Waals surface area contributed by atoms with Crippen LogP contribution in [0.4, 0.5) is 0 Å². The summed E-state index contributed by atoms with van der Waals surface area (Å²) in [4.78, 5) is 20.6. The Kier molecular flexibility index (Phi) is 10.2. The maximum absolute atomic E-state index is 10.4. The summed E-state index contributed by atoms with van der Waals surface area (Å²) in [5.41, 5.74) is 5.08. The van der Waals surface area contributed by atoms with Gasteiger partial charge in [0.15, 0.2) is 11.5 Å². The van der Waals surface area contributed by atoms with Gasteiger partial charge in [0.2, 0.25) is 6.79 Å². The molecule has 3 aromatic rings. The Morgan fingerprint density at radius 1 is 0.846 bits per heavy atom. The second kappa shape index (κ2) is 13.8. The van der Waals surface area contributed by atoms with E-state index in [2.05, 4.69) is 25.7 Å². The van der Waals surface area contributed by atoms with Gasteiger partial charge in [-0.1, -0.05) is 51.1 Å². The van der Waals surface area contributed by atoms with Crippen LogP contribution in [0.15, 0.2) is 66.7 Å². The molecule has 0 bridgehead atoms. The number of benzene rings is 3. The maximum atomic E-state index is 10.4. The molecule has 0 saturated carbocycles. The molecule has 1 atom stereocenters. The molecule has 8 nitrogen and oxygen atoms in total. The van der Waals surface area contributed by atoms with E-state index in [1.165, 1.54) is 0 Å². The van der Waals surface area contributed by atoms with E-state index < -0.39 is 14.7 Å². The number of aliphatic hydroxyl groups is 1. The van der Waals surface area contributed by atoms with Gasteiger partial charge in [-0.15, -0.1) is 0 Å². The van der Waals surface area contributed by atoms with Crippen LogP contribution in [0.3, 0.4) is 0 Å². The molecule has 208 valence electrons. The number of fused-ring (bicyclic) bond motifs is 1. The largest absolute Gasteiger partial charge is 0.491 e. The average Bonchev–Trinajstić information content (AvgIpc) is 3.42. The molecule has 1 aliphatic heterocycles. The van der Waals surface area contributed by atoms with Crippen molar-refractivity contribution in [3.8, 4) is 23.0 Å². The lowest BCUT2D eigenvalue weighted by Crippen LogP contribution is -2.35. The predicted molar refractivity (Wildman–Crippen MR) is 153 cm³/mol. The second-order valence-electron chi connectivity index (χ2n) is 9.12. The highest BCUT2D eigenvalue weighted by Gasteiger charge is 2.19. The van der Waals surface area contributed by atoms with Crippen LogP contribution in [-0.4, -0.2) is 58.9 Å². The first kappa shape index (κ1) is 28.9. The molecule has 0 radical (unpaired) electrons. The van der Waals surface area contributed by atoms with Crippen LogP contribution < -0.4 is 18.7 Å². The Hall–Kier alpha value is -3.13. The quantitative estimate of drug-likeness (QED) is 0.190. The third-order valence-electron chi connectivity index (χ3n) is 6.66. The van der Waals surface area contributed by atoms with E-state index >= 15 is 0 Å². The van der Waals surface area contributed by atoms with Crippen molar-refractivity contribution in [2.75, 3.05) is 33.0 Å². The maximum Gasteiger partial charge on any atom is 0.391 e. The summed E-state index contributed by atoms with van der Waals surface area (Å²) < 4.78 is 22.1. The van der Waals surface area contributed by atoms with Crippen molar-refractivity contribution in [1.29, 1.82) is 0 Å². The van der Waals surface area contributed by atoms with Crippen LogP contribution in [0.2, 0.25) is 0 Å². The third-order valence-corrected chi connectivity index (χ3v) is 7.03. The van der Waals surface area contributed by atoms with Gasteiger partial charge in [-0.3, -0.25) is 0 Å². The average molecular weight is 554 g/mol. The highest BCUT2D eigenvalue weighted by atomic mass is 31.2. The first-order chi connectivity index (χ1) is 18.9. The predicted octanol–water partition coefficient (Wildman–Crippen LogP) is 5.46. The molecule has 0 amide bonds. The zero-order valence-electron chi connectivity index (χ0n) is 22.5. The van der Waals surface area contributed by atoms with Crippen LogP contribution in [0, 0.1) is 0 Å². The van der Waals surface area contributed by atoms with Crippen molar-refractivity contribution in [3.63, 3.8) is 0 Å². The van der Waals surface area contributed by atoms with Gasteiger partial charge in [0.05, 0.1) is 0 Å². The Balaban J connectivity index is 1.65. The fourth-order valence-corrected chi connectivity index (χ4v) is 4.95. The summed E-state index contributed by atoms with van der Waals surface area (Å²) in [5.74, 6) is 2.50. The Bertz CT molecular complexity index is 1240. The van der Waals surface area contributed by atoms with Crippen LogP contribution >= 0.6 is 8.60 Å². The van der Waals surface area contributed by atoms with Crippen LogP contribution in [0.5, 0.6) is 23.0 Å². The monoisotopic (exact) mass is 553 g/mol. The number of aliphatic hydroxyl groups excluding tert-OH is 1. The van der Waals surface area contributed by atoms with Gasteiger partial charge < -0.3 is 38.5 Å². The van der Waals surface area contributed by atoms with Crippen molar-refractivity contribution in [3.05, 3.63) is 83.4 Å². The first-order valence-electron chi connectivity index (χ1n) is 13.1. The van der Waals surface area contributed by atoms with Crippen LogP contribution in [-0.2, 0) is 0 Å². The lowest BCUT2D eigenvalue weighted by molar-refractivity contribution is 0.0716. The number of hydrogen-bond donors (Lipinski definition) is 3. The molecule has 1 unspecified atom stereocenters. The molecule has 0 aromatic heterocycles. The molecule has 0 saturated heterocycles. The van der Waals surface area contributed by atoms with Crippen molar-refractivity contribution in [1.82, 2.24) is 4.90 Å². The minimum absolute atomic E-state index is 0.210. The van der Waals surface area contributed by atoms with Gasteiger partial charge in [0.1, 0.15) is 24.2 Å². The number of ether oxygens (including phenoxy) is 3. The van der Waals surface area contributed by atoms with Gasteiger partial charge >= 0.3 is 8.60 Å². The van der Waals surface area contributed by atoms with E-state index in [1.807, 2.05) is 54.6 Å². The molecule has 4 rings (SSSR count). The standard InChI is InChI=1S/C30H36NO7P/c1-4-27(23-11-16-28-29(17-23)37-20-36-28)30(22-9-14-26(15-10-22)38-39(33)34)21-7-12-25(13-8-21)35-19-24(32)18-31(5-2)6-3/h7-17,24,32-34H,4-6,18-20H2,1-3H3/b30-27+. The minimum Gasteiger partial charge on any atom is -0.491 e. The van der Waals surface area contributed by atoms with Crippen molar-refractivity contribution < 1.29 is 33.6 Å². The van der Waals surface area contributed by atoms with E-state index in [-0.39, 0.29) is 13.4 Å². The van der Waals surface area contributed by atoms with E-state index in [0.29, 0.717) is 23.8 Å². The van der Waals surface area contributed by atoms with Gasteiger partial charge in [-0.2, -0.15) is 0 Å². The smallest absolute Gasteiger partial charge is 0.391 e. The molecule has 9 heteroatoms. The molecule has 1 heterocycles. The normalized spacial score (nSPS) is 13.9. The fraction of sp³-hybridized carbons (Fsp3) is 0.333. The molecule has 1 aliphatic rings. The summed E-state index contributed by atoms with van der Waals surface area (Å²) in [7, 11) is -2.49. The topological polar surface area (TPSA) is 101 Å². The van der Waals surface area contributed by atoms with E-state index in [4.69, 9.17) is 18.7 Å². The van der Waals surface area contributed by atoms with Gasteiger partial charge in [0, 0.05) is 6.54 Å². The fourth-order valence-electron chi connectivity index (χ4n) is 4.64. The second-order valence-corrected chi connectivity index (χ2v) is 9.81. The van der Waals surface area contributed by atoms with E-state index in [1.54, 1.807) is 12.1 Å². The molecular weight excluding hydrogens is 517 g/mol. The van der Waals surface area contributed by atoms with Crippen molar-refractivity contribution in [2.45, 2.75) is 33.3 Å². The summed E-state index contributed by atoms with van der Waals surface area (Å²) in [5, 5.41) is 10.4. The minimum atomic E-state index is -2.49. The lowest BCUT2D eigenvalue weighted by atomic mass is 9.88. The number of allylic oxidation sites excluding steroid dienone is 1. The summed E-state index contributed by atoms with van der Waals surface area (Å²) in [6, 6.07) is 21.0. The number of hydrogen-bond acceptors (Lipinski definition) is 8. The lowest BCUT2D eigenvalue weighted by Gasteiger charge is -2.22. The van der Waals surface area contributed by atoms with Crippen molar-refractivity contribution in [2.24, 2.45) is 0 Å². The molecule has 39 heavy (non-hydrogen) atoms. The highest BCUT2D eigenvalue weighted by molar-refractivity contribution is 7.39. The van der Waals surface area contributed by atoms with Crippen molar-refractivity contribution >= 4 is 19.7 Å². The highest BCUT2D eigenvalue weighted by Crippen LogP contribution is 2.40.